The van der Waals surface area contributed by atoms with Gasteiger partial charge >= 0.3 is 0 Å². The molecule has 88 valence electrons. The highest BCUT2D eigenvalue weighted by Crippen LogP contribution is 2.14. The Kier molecular flexibility index (Phi) is 3.49. The van der Waals surface area contributed by atoms with Crippen molar-refractivity contribution < 1.29 is 4.79 Å². The zero-order valence-corrected chi connectivity index (χ0v) is 9.63. The molecule has 0 aliphatic heterocycles. The van der Waals surface area contributed by atoms with Crippen LogP contribution in [0.15, 0.2) is 36.8 Å². The number of hydrogen-bond acceptors (Lipinski definition) is 3. The number of nitrogens with one attached hydrogen (secondary N) is 1. The number of carbonyl (C=O) groups is 1. The first-order valence-corrected chi connectivity index (χ1v) is 5.44. The molecule has 5 heteroatoms. The molecule has 0 aromatic carbocycles. The number of nitrogens with zero attached hydrogens (tertiary/aromatic N) is 3. The van der Waals surface area contributed by atoms with Crippen molar-refractivity contribution in [3.8, 4) is 11.3 Å². The van der Waals surface area contributed by atoms with Crippen LogP contribution >= 0.6 is 0 Å². The summed E-state index contributed by atoms with van der Waals surface area (Å²) in [7, 11) is 0. The summed E-state index contributed by atoms with van der Waals surface area (Å²) in [5, 5.41) is 7.15. The van der Waals surface area contributed by atoms with Gasteiger partial charge in [-0.1, -0.05) is 0 Å². The monoisotopic (exact) mass is 230 g/mol. The van der Waals surface area contributed by atoms with Gasteiger partial charge in [-0.25, -0.2) is 0 Å². The van der Waals surface area contributed by atoms with Gasteiger partial charge < -0.3 is 5.32 Å². The molecule has 1 N–H and O–H groups in total. The SMILES string of the molecule is CC(=O)NCCn1ccc(-c2ccncc2)n1. The zero-order chi connectivity index (χ0) is 12.1. The standard InChI is InChI=1S/C12H14N4O/c1-10(17)14-7-9-16-8-4-12(15-16)11-2-5-13-6-3-11/h2-6,8H,7,9H2,1H3,(H,14,17). The summed E-state index contributed by atoms with van der Waals surface area (Å²) in [5.74, 6) is -0.0217. The number of aromatic nitrogens is 3. The van der Waals surface area contributed by atoms with Crippen molar-refractivity contribution in [2.75, 3.05) is 6.54 Å². The average Bonchev–Trinajstić information content (AvgIpc) is 2.78. The summed E-state index contributed by atoms with van der Waals surface area (Å²) in [5.41, 5.74) is 1.95. The Morgan fingerprint density at radius 1 is 1.35 bits per heavy atom. The van der Waals surface area contributed by atoms with E-state index in [1.807, 2.05) is 29.1 Å². The van der Waals surface area contributed by atoms with Crippen molar-refractivity contribution in [2.45, 2.75) is 13.5 Å². The highest BCUT2D eigenvalue weighted by molar-refractivity contribution is 5.72. The van der Waals surface area contributed by atoms with Crippen molar-refractivity contribution in [3.05, 3.63) is 36.8 Å². The lowest BCUT2D eigenvalue weighted by Crippen LogP contribution is -2.24. The van der Waals surface area contributed by atoms with Crippen LogP contribution in [0.1, 0.15) is 6.92 Å². The van der Waals surface area contributed by atoms with E-state index in [4.69, 9.17) is 0 Å². The molecule has 0 saturated heterocycles. The van der Waals surface area contributed by atoms with Crippen LogP contribution in [0, 0.1) is 0 Å². The van der Waals surface area contributed by atoms with Gasteiger partial charge in [0, 0.05) is 37.6 Å². The van der Waals surface area contributed by atoms with Gasteiger partial charge in [0.2, 0.25) is 5.91 Å². The molecule has 0 radical (unpaired) electrons. The van der Waals surface area contributed by atoms with E-state index in [1.165, 1.54) is 6.92 Å². The van der Waals surface area contributed by atoms with E-state index in [0.717, 1.165) is 11.3 Å². The van der Waals surface area contributed by atoms with Crippen LogP contribution in [0.3, 0.4) is 0 Å². The molecule has 5 nitrogen and oxygen atoms in total. The Balaban J connectivity index is 1.99. The molecule has 0 fully saturated rings. The molecule has 0 unspecified atom stereocenters. The third kappa shape index (κ3) is 3.14. The van der Waals surface area contributed by atoms with E-state index in [-0.39, 0.29) is 5.91 Å². The Morgan fingerprint density at radius 2 is 2.12 bits per heavy atom. The summed E-state index contributed by atoms with van der Waals surface area (Å²) >= 11 is 0. The molecule has 0 aliphatic carbocycles. The number of carbonyl (C=O) groups excluding carboxylic acids is 1. The Hall–Kier alpha value is -2.17. The van der Waals surface area contributed by atoms with E-state index in [0.29, 0.717) is 13.1 Å². The molecule has 2 aromatic heterocycles. The second-order valence-electron chi connectivity index (χ2n) is 3.68. The lowest BCUT2D eigenvalue weighted by molar-refractivity contribution is -0.118. The number of amides is 1. The summed E-state index contributed by atoms with van der Waals surface area (Å²) < 4.78 is 1.81. The minimum atomic E-state index is -0.0217. The summed E-state index contributed by atoms with van der Waals surface area (Å²) in [6.45, 7) is 2.77. The summed E-state index contributed by atoms with van der Waals surface area (Å²) in [6.07, 6.45) is 5.38. The van der Waals surface area contributed by atoms with Gasteiger partial charge in [0.15, 0.2) is 0 Å². The first kappa shape index (κ1) is 11.3. The fourth-order valence-corrected chi connectivity index (χ4v) is 1.51. The minimum Gasteiger partial charge on any atom is -0.354 e. The number of rotatable bonds is 4. The Bertz CT molecular complexity index is 492. The van der Waals surface area contributed by atoms with E-state index in [9.17, 15) is 4.79 Å². The van der Waals surface area contributed by atoms with Crippen LogP contribution in [0.25, 0.3) is 11.3 Å². The third-order valence-electron chi connectivity index (χ3n) is 2.33. The second-order valence-corrected chi connectivity index (χ2v) is 3.68. The van der Waals surface area contributed by atoms with Crippen LogP contribution in [-0.2, 0) is 11.3 Å². The van der Waals surface area contributed by atoms with Gasteiger partial charge in [0.1, 0.15) is 0 Å². The van der Waals surface area contributed by atoms with E-state index >= 15 is 0 Å². The maximum absolute atomic E-state index is 10.7. The van der Waals surface area contributed by atoms with Gasteiger partial charge in [-0.15, -0.1) is 0 Å². The van der Waals surface area contributed by atoms with E-state index < -0.39 is 0 Å². The summed E-state index contributed by atoms with van der Waals surface area (Å²) in [6, 6.07) is 5.78. The van der Waals surface area contributed by atoms with Gasteiger partial charge in [0.05, 0.1) is 12.2 Å². The smallest absolute Gasteiger partial charge is 0.216 e. The van der Waals surface area contributed by atoms with Gasteiger partial charge in [-0.3, -0.25) is 14.5 Å². The fraction of sp³-hybridized carbons (Fsp3) is 0.250. The Morgan fingerprint density at radius 3 is 2.82 bits per heavy atom. The molecule has 0 atom stereocenters. The molecular weight excluding hydrogens is 216 g/mol. The average molecular weight is 230 g/mol. The highest BCUT2D eigenvalue weighted by Gasteiger charge is 2.01. The first-order chi connectivity index (χ1) is 8.25. The van der Waals surface area contributed by atoms with Crippen molar-refractivity contribution in [3.63, 3.8) is 0 Å². The summed E-state index contributed by atoms with van der Waals surface area (Å²) in [4.78, 5) is 14.7. The van der Waals surface area contributed by atoms with Gasteiger partial charge in [-0.2, -0.15) is 5.10 Å². The van der Waals surface area contributed by atoms with Crippen LogP contribution in [-0.4, -0.2) is 27.2 Å². The van der Waals surface area contributed by atoms with Crippen LogP contribution in [0.4, 0.5) is 0 Å². The molecule has 0 aliphatic rings. The third-order valence-corrected chi connectivity index (χ3v) is 2.33. The number of pyridine rings is 1. The van der Waals surface area contributed by atoms with Crippen molar-refractivity contribution in [1.82, 2.24) is 20.1 Å². The lowest BCUT2D eigenvalue weighted by Gasteiger charge is -2.02. The van der Waals surface area contributed by atoms with Crippen molar-refractivity contribution in [2.24, 2.45) is 0 Å². The predicted octanol–water partition coefficient (Wildman–Crippen LogP) is 1.08. The molecule has 2 aromatic rings. The zero-order valence-electron chi connectivity index (χ0n) is 9.63. The lowest BCUT2D eigenvalue weighted by atomic mass is 10.2. The van der Waals surface area contributed by atoms with E-state index in [2.05, 4.69) is 15.4 Å². The second kappa shape index (κ2) is 5.25. The van der Waals surface area contributed by atoms with Crippen LogP contribution < -0.4 is 5.32 Å². The maximum Gasteiger partial charge on any atom is 0.216 e. The van der Waals surface area contributed by atoms with E-state index in [1.54, 1.807) is 12.4 Å². The molecule has 1 amide bonds. The predicted molar refractivity (Wildman–Crippen MR) is 64.1 cm³/mol. The van der Waals surface area contributed by atoms with Gasteiger partial charge in [-0.05, 0) is 18.2 Å². The largest absolute Gasteiger partial charge is 0.354 e. The quantitative estimate of drug-likeness (QED) is 0.855. The topological polar surface area (TPSA) is 59.8 Å². The molecule has 0 bridgehead atoms. The van der Waals surface area contributed by atoms with Crippen LogP contribution in [0.5, 0.6) is 0 Å². The molecule has 2 heterocycles. The molecule has 0 spiro atoms. The van der Waals surface area contributed by atoms with Crippen molar-refractivity contribution >= 4 is 5.91 Å². The number of hydrogen-bond donors (Lipinski definition) is 1. The van der Waals surface area contributed by atoms with Crippen LogP contribution in [0.2, 0.25) is 0 Å². The Labute approximate surface area is 99.5 Å². The fourth-order valence-electron chi connectivity index (χ4n) is 1.51. The maximum atomic E-state index is 10.7. The molecule has 2 rings (SSSR count). The molecule has 0 saturated carbocycles. The normalized spacial score (nSPS) is 10.2. The minimum absolute atomic E-state index is 0.0217. The molecule has 17 heavy (non-hydrogen) atoms. The molecular formula is C12H14N4O. The highest BCUT2D eigenvalue weighted by atomic mass is 16.1. The van der Waals surface area contributed by atoms with Gasteiger partial charge in [0.25, 0.3) is 0 Å². The van der Waals surface area contributed by atoms with Crippen molar-refractivity contribution in [1.29, 1.82) is 0 Å². The first-order valence-electron chi connectivity index (χ1n) is 5.44.